The zero-order valence-corrected chi connectivity index (χ0v) is 11.4. The number of hydrogen-bond acceptors (Lipinski definition) is 4. The summed E-state index contributed by atoms with van der Waals surface area (Å²) < 4.78 is 5.30. The average molecular weight is 255 g/mol. The number of rotatable bonds is 4. The van der Waals surface area contributed by atoms with E-state index in [-0.39, 0.29) is 5.92 Å². The number of piperidine rings is 1. The second-order valence-corrected chi connectivity index (χ2v) is 5.18. The number of ether oxygens (including phenoxy) is 1. The second-order valence-electron chi connectivity index (χ2n) is 5.18. The molecule has 1 atom stereocenters. The molecule has 0 saturated carbocycles. The minimum absolute atomic E-state index is 0.203. The maximum Gasteiger partial charge on any atom is 0.227 e. The van der Waals surface area contributed by atoms with Gasteiger partial charge in [0.05, 0.1) is 19.1 Å². The lowest BCUT2D eigenvalue weighted by molar-refractivity contribution is -0.141. The molecular weight excluding hydrogens is 230 g/mol. The molecule has 1 unspecified atom stereocenters. The van der Waals surface area contributed by atoms with Gasteiger partial charge in [0, 0.05) is 32.7 Å². The predicted molar refractivity (Wildman–Crippen MR) is 70.5 cm³/mol. The summed E-state index contributed by atoms with van der Waals surface area (Å²) in [6.07, 6.45) is 2.19. The fraction of sp³-hybridized carbons (Fsp3) is 0.923. The Balaban J connectivity index is 1.81. The van der Waals surface area contributed by atoms with E-state index in [1.54, 1.807) is 0 Å². The van der Waals surface area contributed by atoms with E-state index < -0.39 is 0 Å². The standard InChI is InChI=1S/C13H25N3O2/c1-14-4-6-15-5-2-3-12(11-15)13(17)16-7-9-18-10-8-16/h12,14H,2-11H2,1H3. The molecule has 18 heavy (non-hydrogen) atoms. The number of likely N-dealkylation sites (N-methyl/N-ethyl adjacent to an activating group) is 1. The molecular formula is C13H25N3O2. The number of nitrogens with one attached hydrogen (secondary N) is 1. The van der Waals surface area contributed by atoms with Gasteiger partial charge in [-0.05, 0) is 26.4 Å². The number of hydrogen-bond donors (Lipinski definition) is 1. The fourth-order valence-electron chi connectivity index (χ4n) is 2.77. The first kappa shape index (κ1) is 13.8. The molecule has 2 aliphatic rings. The zero-order chi connectivity index (χ0) is 12.8. The molecule has 2 heterocycles. The molecule has 5 heteroatoms. The fourth-order valence-corrected chi connectivity index (χ4v) is 2.77. The maximum absolute atomic E-state index is 12.4. The van der Waals surface area contributed by atoms with Crippen LogP contribution in [0.15, 0.2) is 0 Å². The van der Waals surface area contributed by atoms with Crippen molar-refractivity contribution >= 4 is 5.91 Å². The predicted octanol–water partition coefficient (Wildman–Crippen LogP) is -0.223. The van der Waals surface area contributed by atoms with Crippen LogP contribution in [0, 0.1) is 5.92 Å². The first-order valence-corrected chi connectivity index (χ1v) is 7.04. The number of morpholine rings is 1. The zero-order valence-electron chi connectivity index (χ0n) is 11.4. The van der Waals surface area contributed by atoms with Gasteiger partial charge < -0.3 is 19.9 Å². The highest BCUT2D eigenvalue weighted by molar-refractivity contribution is 5.79. The summed E-state index contributed by atoms with van der Waals surface area (Å²) in [7, 11) is 1.97. The van der Waals surface area contributed by atoms with Crippen LogP contribution in [0.2, 0.25) is 0 Å². The molecule has 5 nitrogen and oxygen atoms in total. The summed E-state index contributed by atoms with van der Waals surface area (Å²) in [5.41, 5.74) is 0. The van der Waals surface area contributed by atoms with Crippen molar-refractivity contribution < 1.29 is 9.53 Å². The van der Waals surface area contributed by atoms with Gasteiger partial charge in [0.25, 0.3) is 0 Å². The number of nitrogens with zero attached hydrogens (tertiary/aromatic N) is 2. The van der Waals surface area contributed by atoms with Crippen LogP contribution < -0.4 is 5.32 Å². The average Bonchev–Trinajstić information content (AvgIpc) is 2.45. The van der Waals surface area contributed by atoms with Gasteiger partial charge in [0.15, 0.2) is 0 Å². The van der Waals surface area contributed by atoms with Crippen LogP contribution in [-0.4, -0.2) is 75.2 Å². The lowest BCUT2D eigenvalue weighted by Crippen LogP contribution is -2.49. The van der Waals surface area contributed by atoms with E-state index in [1.165, 1.54) is 0 Å². The Bertz CT molecular complexity index is 267. The lowest BCUT2D eigenvalue weighted by atomic mass is 9.96. The molecule has 2 fully saturated rings. The summed E-state index contributed by atoms with van der Waals surface area (Å²) in [5.74, 6) is 0.543. The summed E-state index contributed by atoms with van der Waals surface area (Å²) in [5, 5.41) is 3.17. The Kier molecular flexibility index (Phi) is 5.41. The van der Waals surface area contributed by atoms with Gasteiger partial charge in [-0.15, -0.1) is 0 Å². The minimum Gasteiger partial charge on any atom is -0.378 e. The van der Waals surface area contributed by atoms with E-state index in [2.05, 4.69) is 10.2 Å². The van der Waals surface area contributed by atoms with E-state index in [0.29, 0.717) is 19.1 Å². The maximum atomic E-state index is 12.4. The van der Waals surface area contributed by atoms with Crippen molar-refractivity contribution in [3.05, 3.63) is 0 Å². The molecule has 2 saturated heterocycles. The van der Waals surface area contributed by atoms with Gasteiger partial charge in [-0.25, -0.2) is 0 Å². The van der Waals surface area contributed by atoms with Gasteiger partial charge in [-0.2, -0.15) is 0 Å². The van der Waals surface area contributed by atoms with E-state index >= 15 is 0 Å². The molecule has 0 aliphatic carbocycles. The highest BCUT2D eigenvalue weighted by atomic mass is 16.5. The van der Waals surface area contributed by atoms with E-state index in [1.807, 2.05) is 11.9 Å². The minimum atomic E-state index is 0.203. The molecule has 0 spiro atoms. The Morgan fingerprint density at radius 1 is 1.33 bits per heavy atom. The number of carbonyl (C=O) groups excluding carboxylic acids is 1. The van der Waals surface area contributed by atoms with Crippen molar-refractivity contribution in [1.82, 2.24) is 15.1 Å². The van der Waals surface area contributed by atoms with Gasteiger partial charge in [0.1, 0.15) is 0 Å². The molecule has 0 aromatic rings. The van der Waals surface area contributed by atoms with Gasteiger partial charge in [0.2, 0.25) is 5.91 Å². The van der Waals surface area contributed by atoms with Crippen molar-refractivity contribution in [3.63, 3.8) is 0 Å². The number of likely N-dealkylation sites (tertiary alicyclic amines) is 1. The first-order valence-electron chi connectivity index (χ1n) is 7.04. The Hall–Kier alpha value is -0.650. The van der Waals surface area contributed by atoms with Crippen LogP contribution in [-0.2, 0) is 9.53 Å². The van der Waals surface area contributed by atoms with Crippen LogP contribution in [0.4, 0.5) is 0 Å². The van der Waals surface area contributed by atoms with Crippen LogP contribution in [0.3, 0.4) is 0 Å². The van der Waals surface area contributed by atoms with Crippen LogP contribution in [0.5, 0.6) is 0 Å². The summed E-state index contributed by atoms with van der Waals surface area (Å²) >= 11 is 0. The van der Waals surface area contributed by atoms with E-state index in [0.717, 1.165) is 52.1 Å². The van der Waals surface area contributed by atoms with Crippen LogP contribution in [0.25, 0.3) is 0 Å². The summed E-state index contributed by atoms with van der Waals surface area (Å²) in [6, 6.07) is 0. The quantitative estimate of drug-likeness (QED) is 0.754. The van der Waals surface area contributed by atoms with E-state index in [9.17, 15) is 4.79 Å². The third kappa shape index (κ3) is 3.67. The van der Waals surface area contributed by atoms with Crippen molar-refractivity contribution in [3.8, 4) is 0 Å². The third-order valence-corrected chi connectivity index (χ3v) is 3.86. The van der Waals surface area contributed by atoms with Crippen LogP contribution in [0.1, 0.15) is 12.8 Å². The largest absolute Gasteiger partial charge is 0.378 e. The molecule has 0 aromatic heterocycles. The normalized spacial score (nSPS) is 26.3. The third-order valence-electron chi connectivity index (χ3n) is 3.86. The number of carbonyl (C=O) groups is 1. The van der Waals surface area contributed by atoms with Crippen molar-refractivity contribution in [1.29, 1.82) is 0 Å². The molecule has 0 radical (unpaired) electrons. The lowest BCUT2D eigenvalue weighted by Gasteiger charge is -2.36. The molecule has 0 aromatic carbocycles. The highest BCUT2D eigenvalue weighted by Gasteiger charge is 2.29. The van der Waals surface area contributed by atoms with Gasteiger partial charge in [-0.1, -0.05) is 0 Å². The van der Waals surface area contributed by atoms with Crippen molar-refractivity contribution in [2.45, 2.75) is 12.8 Å². The van der Waals surface area contributed by atoms with Gasteiger partial charge >= 0.3 is 0 Å². The monoisotopic (exact) mass is 255 g/mol. The number of amides is 1. The summed E-state index contributed by atoms with van der Waals surface area (Å²) in [6.45, 7) is 7.04. The molecule has 2 aliphatic heterocycles. The van der Waals surface area contributed by atoms with E-state index in [4.69, 9.17) is 4.74 Å². The summed E-state index contributed by atoms with van der Waals surface area (Å²) in [4.78, 5) is 16.8. The highest BCUT2D eigenvalue weighted by Crippen LogP contribution is 2.19. The van der Waals surface area contributed by atoms with Crippen molar-refractivity contribution in [2.24, 2.45) is 5.92 Å². The molecule has 1 amide bonds. The Morgan fingerprint density at radius 2 is 2.11 bits per heavy atom. The first-order chi connectivity index (χ1) is 8.81. The SMILES string of the molecule is CNCCN1CCCC(C(=O)N2CCOCC2)C1. The molecule has 0 bridgehead atoms. The Labute approximate surface area is 109 Å². The second kappa shape index (κ2) is 7.07. The molecule has 1 N–H and O–H groups in total. The topological polar surface area (TPSA) is 44.8 Å². The Morgan fingerprint density at radius 3 is 2.83 bits per heavy atom. The molecule has 2 rings (SSSR count). The van der Waals surface area contributed by atoms with Crippen LogP contribution >= 0.6 is 0 Å². The molecule has 104 valence electrons. The van der Waals surface area contributed by atoms with Gasteiger partial charge in [-0.3, -0.25) is 4.79 Å². The van der Waals surface area contributed by atoms with Crippen molar-refractivity contribution in [2.75, 3.05) is 59.5 Å². The smallest absolute Gasteiger partial charge is 0.227 e.